The molecule has 88 valence electrons. The van der Waals surface area contributed by atoms with E-state index in [0.717, 1.165) is 31.9 Å². The van der Waals surface area contributed by atoms with Gasteiger partial charge in [0.05, 0.1) is 12.8 Å². The third-order valence-corrected chi connectivity index (χ3v) is 3.88. The SMILES string of the molecule is CS(=O)(=O)N(CC(N)=NO)C1CCCC1. The van der Waals surface area contributed by atoms with Crippen molar-refractivity contribution in [3.8, 4) is 0 Å². The normalized spacial score (nSPS) is 20.0. The largest absolute Gasteiger partial charge is 0.409 e. The standard InChI is InChI=1S/C8H17N3O3S/c1-15(13,14)11(6-8(9)10-12)7-4-2-3-5-7/h7,12H,2-6H2,1H3,(H2,9,10). The van der Waals surface area contributed by atoms with Gasteiger partial charge in [0.15, 0.2) is 5.84 Å². The maximum Gasteiger partial charge on any atom is 0.211 e. The molecule has 1 saturated carbocycles. The number of oxime groups is 1. The molecule has 0 spiro atoms. The lowest BCUT2D eigenvalue weighted by Crippen LogP contribution is -2.43. The molecule has 1 aliphatic carbocycles. The van der Waals surface area contributed by atoms with Gasteiger partial charge in [0.2, 0.25) is 10.0 Å². The molecular formula is C8H17N3O3S. The minimum Gasteiger partial charge on any atom is -0.409 e. The monoisotopic (exact) mass is 235 g/mol. The third kappa shape index (κ3) is 3.35. The van der Waals surface area contributed by atoms with Crippen molar-refractivity contribution in [2.45, 2.75) is 31.7 Å². The number of hydrogen-bond acceptors (Lipinski definition) is 4. The van der Waals surface area contributed by atoms with E-state index in [1.807, 2.05) is 0 Å². The Hall–Kier alpha value is -0.820. The molecule has 0 amide bonds. The van der Waals surface area contributed by atoms with Crippen LogP contribution in [0.15, 0.2) is 5.16 Å². The summed E-state index contributed by atoms with van der Waals surface area (Å²) in [5.74, 6) is -0.0766. The summed E-state index contributed by atoms with van der Waals surface area (Å²) in [4.78, 5) is 0. The molecule has 0 atom stereocenters. The van der Waals surface area contributed by atoms with Gasteiger partial charge in [-0.2, -0.15) is 4.31 Å². The van der Waals surface area contributed by atoms with Crippen LogP contribution in [0.5, 0.6) is 0 Å². The van der Waals surface area contributed by atoms with Crippen LogP contribution < -0.4 is 5.73 Å². The topological polar surface area (TPSA) is 96.0 Å². The van der Waals surface area contributed by atoms with Crippen LogP contribution in [-0.4, -0.2) is 42.6 Å². The van der Waals surface area contributed by atoms with E-state index in [-0.39, 0.29) is 18.4 Å². The summed E-state index contributed by atoms with van der Waals surface area (Å²) in [5.41, 5.74) is 5.33. The van der Waals surface area contributed by atoms with Gasteiger partial charge in [0, 0.05) is 6.04 Å². The molecule has 1 aliphatic rings. The highest BCUT2D eigenvalue weighted by molar-refractivity contribution is 7.88. The second kappa shape index (κ2) is 4.80. The fourth-order valence-corrected chi connectivity index (χ4v) is 3.02. The van der Waals surface area contributed by atoms with Crippen molar-refractivity contribution in [3.63, 3.8) is 0 Å². The van der Waals surface area contributed by atoms with Crippen molar-refractivity contribution in [3.05, 3.63) is 0 Å². The minimum atomic E-state index is -3.29. The molecule has 0 aliphatic heterocycles. The van der Waals surface area contributed by atoms with Crippen molar-refractivity contribution in [2.24, 2.45) is 10.9 Å². The van der Waals surface area contributed by atoms with Gasteiger partial charge in [-0.3, -0.25) is 0 Å². The molecule has 1 fully saturated rings. The molecule has 0 bridgehead atoms. The Morgan fingerprint density at radius 2 is 2.07 bits per heavy atom. The lowest BCUT2D eigenvalue weighted by molar-refractivity contribution is 0.309. The maximum atomic E-state index is 11.5. The first-order valence-electron chi connectivity index (χ1n) is 4.88. The number of sulfonamides is 1. The second-order valence-corrected chi connectivity index (χ2v) is 5.77. The summed E-state index contributed by atoms with van der Waals surface area (Å²) in [6, 6.07) is 0.000278. The third-order valence-electron chi connectivity index (χ3n) is 2.60. The number of nitrogens with zero attached hydrogens (tertiary/aromatic N) is 2. The second-order valence-electron chi connectivity index (χ2n) is 3.84. The van der Waals surface area contributed by atoms with Crippen molar-refractivity contribution in [1.29, 1.82) is 0 Å². The van der Waals surface area contributed by atoms with Crippen LogP contribution in [0.2, 0.25) is 0 Å². The fraction of sp³-hybridized carbons (Fsp3) is 0.875. The Labute approximate surface area is 89.8 Å². The Kier molecular flexibility index (Phi) is 3.92. The van der Waals surface area contributed by atoms with Crippen molar-refractivity contribution >= 4 is 15.9 Å². The first kappa shape index (κ1) is 12.3. The molecule has 0 aromatic heterocycles. The van der Waals surface area contributed by atoms with E-state index in [1.54, 1.807) is 0 Å². The van der Waals surface area contributed by atoms with Crippen molar-refractivity contribution in [1.82, 2.24) is 4.31 Å². The Balaban J connectivity index is 2.78. The molecule has 6 nitrogen and oxygen atoms in total. The summed E-state index contributed by atoms with van der Waals surface area (Å²) < 4.78 is 24.3. The summed E-state index contributed by atoms with van der Waals surface area (Å²) in [6.07, 6.45) is 4.92. The number of nitrogens with two attached hydrogens (primary N) is 1. The predicted molar refractivity (Wildman–Crippen MR) is 57.2 cm³/mol. The van der Waals surface area contributed by atoms with Crippen molar-refractivity contribution < 1.29 is 13.6 Å². The fourth-order valence-electron chi connectivity index (χ4n) is 1.90. The van der Waals surface area contributed by atoms with Gasteiger partial charge in [-0.05, 0) is 12.8 Å². The quantitative estimate of drug-likeness (QED) is 0.309. The lowest BCUT2D eigenvalue weighted by Gasteiger charge is -2.25. The van der Waals surface area contributed by atoms with Crippen LogP contribution in [0.4, 0.5) is 0 Å². The molecule has 0 heterocycles. The molecule has 0 unspecified atom stereocenters. The Morgan fingerprint density at radius 3 is 2.47 bits per heavy atom. The summed E-state index contributed by atoms with van der Waals surface area (Å²) >= 11 is 0. The van der Waals surface area contributed by atoms with E-state index in [0.29, 0.717) is 0 Å². The van der Waals surface area contributed by atoms with Crippen LogP contribution in [0.1, 0.15) is 25.7 Å². The van der Waals surface area contributed by atoms with Crippen LogP contribution in [-0.2, 0) is 10.0 Å². The lowest BCUT2D eigenvalue weighted by atomic mass is 10.2. The molecule has 0 radical (unpaired) electrons. The number of amidine groups is 1. The van der Waals surface area contributed by atoms with Crippen LogP contribution in [0, 0.1) is 0 Å². The molecule has 7 heteroatoms. The molecule has 1 rings (SSSR count). The highest BCUT2D eigenvalue weighted by Gasteiger charge is 2.29. The summed E-state index contributed by atoms with van der Waals surface area (Å²) in [5, 5.41) is 11.2. The van der Waals surface area contributed by atoms with E-state index >= 15 is 0 Å². The highest BCUT2D eigenvalue weighted by atomic mass is 32.2. The predicted octanol–water partition coefficient (Wildman–Crippen LogP) is -0.0630. The van der Waals surface area contributed by atoms with Gasteiger partial charge in [-0.15, -0.1) is 0 Å². The average molecular weight is 235 g/mol. The molecule has 0 aromatic carbocycles. The number of rotatable bonds is 4. The van der Waals surface area contributed by atoms with E-state index in [4.69, 9.17) is 10.9 Å². The molecule has 15 heavy (non-hydrogen) atoms. The maximum absolute atomic E-state index is 11.5. The van der Waals surface area contributed by atoms with Gasteiger partial charge in [0.1, 0.15) is 0 Å². The zero-order valence-corrected chi connectivity index (χ0v) is 9.57. The van der Waals surface area contributed by atoms with E-state index in [9.17, 15) is 8.42 Å². The van der Waals surface area contributed by atoms with E-state index < -0.39 is 10.0 Å². The Morgan fingerprint density at radius 1 is 1.53 bits per heavy atom. The average Bonchev–Trinajstić information content (AvgIpc) is 2.64. The summed E-state index contributed by atoms with van der Waals surface area (Å²) in [7, 11) is -3.29. The van der Waals surface area contributed by atoms with Crippen molar-refractivity contribution in [2.75, 3.05) is 12.8 Å². The first-order chi connectivity index (χ1) is 6.95. The van der Waals surface area contributed by atoms with Crippen LogP contribution in [0.25, 0.3) is 0 Å². The number of hydrogen-bond donors (Lipinski definition) is 2. The highest BCUT2D eigenvalue weighted by Crippen LogP contribution is 2.24. The van der Waals surface area contributed by atoms with E-state index in [1.165, 1.54) is 4.31 Å². The molecular weight excluding hydrogens is 218 g/mol. The first-order valence-corrected chi connectivity index (χ1v) is 6.73. The van der Waals surface area contributed by atoms with E-state index in [2.05, 4.69) is 5.16 Å². The van der Waals surface area contributed by atoms with Gasteiger partial charge in [-0.25, -0.2) is 8.42 Å². The van der Waals surface area contributed by atoms with Gasteiger partial charge < -0.3 is 10.9 Å². The Bertz CT molecular complexity index is 333. The molecule has 0 aromatic rings. The van der Waals surface area contributed by atoms with Crippen LogP contribution >= 0.6 is 0 Å². The molecule has 3 N–H and O–H groups in total. The van der Waals surface area contributed by atoms with Gasteiger partial charge in [-0.1, -0.05) is 18.0 Å². The zero-order valence-electron chi connectivity index (χ0n) is 8.76. The van der Waals surface area contributed by atoms with Gasteiger partial charge in [0.25, 0.3) is 0 Å². The smallest absolute Gasteiger partial charge is 0.211 e. The van der Waals surface area contributed by atoms with Crippen LogP contribution in [0.3, 0.4) is 0 Å². The minimum absolute atomic E-state index is 0.000278. The zero-order chi connectivity index (χ0) is 11.5. The molecule has 0 saturated heterocycles. The van der Waals surface area contributed by atoms with Gasteiger partial charge >= 0.3 is 0 Å². The summed E-state index contributed by atoms with van der Waals surface area (Å²) in [6.45, 7) is -0.0278.